The molecule has 0 amide bonds. The number of carbonyl (C=O) groups excluding carboxylic acids is 1. The van der Waals surface area contributed by atoms with E-state index in [1.807, 2.05) is 19.2 Å². The molecule has 0 radical (unpaired) electrons. The second kappa shape index (κ2) is 3.13. The zero-order chi connectivity index (χ0) is 8.43. The maximum absolute atomic E-state index is 10.9. The fraction of sp³-hybridized carbons (Fsp3) is 0.500. The van der Waals surface area contributed by atoms with Gasteiger partial charge in [0.2, 0.25) is 0 Å². The van der Waals surface area contributed by atoms with Crippen LogP contribution in [0.2, 0.25) is 0 Å². The van der Waals surface area contributed by atoms with E-state index in [2.05, 4.69) is 4.98 Å². The minimum atomic E-state index is -0.0336. The standard InChI is InChI=1S/C8H11NOS/c1-5-4-11-8(9-5)6(2)7(3)10/h4,6H,1-3H3. The van der Waals surface area contributed by atoms with E-state index < -0.39 is 0 Å². The van der Waals surface area contributed by atoms with Crippen molar-refractivity contribution in [3.05, 3.63) is 16.1 Å². The minimum absolute atomic E-state index is 0.0336. The number of hydrogen-bond acceptors (Lipinski definition) is 3. The van der Waals surface area contributed by atoms with Gasteiger partial charge in [-0.3, -0.25) is 4.79 Å². The van der Waals surface area contributed by atoms with Crippen LogP contribution >= 0.6 is 11.3 Å². The Balaban J connectivity index is 2.84. The van der Waals surface area contributed by atoms with Gasteiger partial charge in [0.15, 0.2) is 0 Å². The summed E-state index contributed by atoms with van der Waals surface area (Å²) in [6.45, 7) is 5.43. The Morgan fingerprint density at radius 1 is 1.73 bits per heavy atom. The predicted octanol–water partition coefficient (Wildman–Crippen LogP) is 2.14. The summed E-state index contributed by atoms with van der Waals surface area (Å²) in [6, 6.07) is 0. The normalized spacial score (nSPS) is 13.0. The highest BCUT2D eigenvalue weighted by Gasteiger charge is 2.13. The molecule has 2 nitrogen and oxygen atoms in total. The van der Waals surface area contributed by atoms with Gasteiger partial charge in [0, 0.05) is 11.1 Å². The van der Waals surface area contributed by atoms with Crippen LogP contribution in [-0.2, 0) is 4.79 Å². The lowest BCUT2D eigenvalue weighted by Gasteiger charge is -2.00. The molecule has 0 aliphatic carbocycles. The molecule has 0 fully saturated rings. The monoisotopic (exact) mass is 169 g/mol. The van der Waals surface area contributed by atoms with Crippen LogP contribution in [0.3, 0.4) is 0 Å². The summed E-state index contributed by atoms with van der Waals surface area (Å²) < 4.78 is 0. The van der Waals surface area contributed by atoms with Crippen LogP contribution in [0.15, 0.2) is 5.38 Å². The molecule has 3 heteroatoms. The third-order valence-corrected chi connectivity index (χ3v) is 2.76. The number of carbonyl (C=O) groups is 1. The number of hydrogen-bond donors (Lipinski definition) is 0. The number of Topliss-reactive ketones (excluding diaryl/α,β-unsaturated/α-hetero) is 1. The third-order valence-electron chi connectivity index (χ3n) is 1.62. The summed E-state index contributed by atoms with van der Waals surface area (Å²) in [7, 11) is 0. The van der Waals surface area contributed by atoms with E-state index in [9.17, 15) is 4.79 Å². The van der Waals surface area contributed by atoms with Crippen LogP contribution in [0.4, 0.5) is 0 Å². The lowest BCUT2D eigenvalue weighted by Crippen LogP contribution is -2.03. The highest BCUT2D eigenvalue weighted by Crippen LogP contribution is 2.19. The molecular formula is C8H11NOS. The Morgan fingerprint density at radius 3 is 2.73 bits per heavy atom. The summed E-state index contributed by atoms with van der Waals surface area (Å²) in [5.74, 6) is 0.146. The van der Waals surface area contributed by atoms with Crippen molar-refractivity contribution in [3.8, 4) is 0 Å². The maximum atomic E-state index is 10.9. The fourth-order valence-electron chi connectivity index (χ4n) is 0.745. The molecule has 0 N–H and O–H groups in total. The van der Waals surface area contributed by atoms with E-state index >= 15 is 0 Å². The second-order valence-corrected chi connectivity index (χ2v) is 3.55. The Morgan fingerprint density at radius 2 is 2.36 bits per heavy atom. The van der Waals surface area contributed by atoms with Gasteiger partial charge in [0.25, 0.3) is 0 Å². The SMILES string of the molecule is CC(=O)C(C)c1nc(C)cs1. The summed E-state index contributed by atoms with van der Waals surface area (Å²) >= 11 is 1.55. The van der Waals surface area contributed by atoms with Gasteiger partial charge >= 0.3 is 0 Å². The lowest BCUT2D eigenvalue weighted by molar-refractivity contribution is -0.118. The van der Waals surface area contributed by atoms with Gasteiger partial charge in [-0.25, -0.2) is 4.98 Å². The molecular weight excluding hydrogens is 158 g/mol. The molecule has 11 heavy (non-hydrogen) atoms. The van der Waals surface area contributed by atoms with Crippen molar-refractivity contribution in [2.45, 2.75) is 26.7 Å². The van der Waals surface area contributed by atoms with Gasteiger partial charge in [-0.15, -0.1) is 11.3 Å². The number of thiazole rings is 1. The van der Waals surface area contributed by atoms with Crippen LogP contribution in [0, 0.1) is 6.92 Å². The molecule has 1 aromatic rings. The summed E-state index contributed by atoms with van der Waals surface area (Å²) in [5.41, 5.74) is 0.998. The lowest BCUT2D eigenvalue weighted by atomic mass is 10.1. The van der Waals surface area contributed by atoms with Crippen LogP contribution < -0.4 is 0 Å². The van der Waals surface area contributed by atoms with Gasteiger partial charge in [-0.1, -0.05) is 0 Å². The molecule has 0 aliphatic rings. The predicted molar refractivity (Wildman–Crippen MR) is 45.9 cm³/mol. The third kappa shape index (κ3) is 1.87. The highest BCUT2D eigenvalue weighted by atomic mass is 32.1. The number of aromatic nitrogens is 1. The second-order valence-electron chi connectivity index (χ2n) is 2.66. The molecule has 1 atom stereocenters. The van der Waals surface area contributed by atoms with E-state index in [0.29, 0.717) is 0 Å². The zero-order valence-electron chi connectivity index (χ0n) is 6.92. The highest BCUT2D eigenvalue weighted by molar-refractivity contribution is 7.09. The Hall–Kier alpha value is -0.700. The summed E-state index contributed by atoms with van der Waals surface area (Å²) in [4.78, 5) is 15.1. The molecule has 0 spiro atoms. The quantitative estimate of drug-likeness (QED) is 0.679. The van der Waals surface area contributed by atoms with Gasteiger partial charge in [-0.05, 0) is 20.8 Å². The van der Waals surface area contributed by atoms with Crippen molar-refractivity contribution in [2.75, 3.05) is 0 Å². The Bertz CT molecular complexity index is 267. The van der Waals surface area contributed by atoms with Crippen molar-refractivity contribution in [3.63, 3.8) is 0 Å². The van der Waals surface area contributed by atoms with Crippen molar-refractivity contribution < 1.29 is 4.79 Å². The minimum Gasteiger partial charge on any atom is -0.299 e. The topological polar surface area (TPSA) is 30.0 Å². The van der Waals surface area contributed by atoms with E-state index in [4.69, 9.17) is 0 Å². The summed E-state index contributed by atoms with van der Waals surface area (Å²) in [6.07, 6.45) is 0. The summed E-state index contributed by atoms with van der Waals surface area (Å²) in [5, 5.41) is 2.89. The molecule has 1 heterocycles. The van der Waals surface area contributed by atoms with E-state index in [1.54, 1.807) is 18.3 Å². The molecule has 0 saturated carbocycles. The van der Waals surface area contributed by atoms with Gasteiger partial charge < -0.3 is 0 Å². The van der Waals surface area contributed by atoms with Crippen molar-refractivity contribution in [1.82, 2.24) is 4.98 Å². The van der Waals surface area contributed by atoms with Crippen molar-refractivity contribution >= 4 is 17.1 Å². The molecule has 1 unspecified atom stereocenters. The molecule has 60 valence electrons. The zero-order valence-corrected chi connectivity index (χ0v) is 7.73. The van der Waals surface area contributed by atoms with Gasteiger partial charge in [-0.2, -0.15) is 0 Å². The largest absolute Gasteiger partial charge is 0.299 e. The molecule has 0 saturated heterocycles. The smallest absolute Gasteiger partial charge is 0.139 e. The number of rotatable bonds is 2. The van der Waals surface area contributed by atoms with Gasteiger partial charge in [0.1, 0.15) is 10.8 Å². The van der Waals surface area contributed by atoms with E-state index in [-0.39, 0.29) is 11.7 Å². The first-order valence-electron chi connectivity index (χ1n) is 3.53. The number of ketones is 1. The fourth-order valence-corrected chi connectivity index (χ4v) is 1.66. The molecule has 1 aromatic heterocycles. The van der Waals surface area contributed by atoms with E-state index in [0.717, 1.165) is 10.7 Å². The molecule has 0 aliphatic heterocycles. The van der Waals surface area contributed by atoms with Crippen molar-refractivity contribution in [2.24, 2.45) is 0 Å². The van der Waals surface area contributed by atoms with Crippen LogP contribution in [0.5, 0.6) is 0 Å². The van der Waals surface area contributed by atoms with Crippen LogP contribution in [0.25, 0.3) is 0 Å². The first kappa shape index (κ1) is 8.40. The Kier molecular flexibility index (Phi) is 2.39. The molecule has 1 rings (SSSR count). The number of nitrogens with zero attached hydrogens (tertiary/aromatic N) is 1. The van der Waals surface area contributed by atoms with Gasteiger partial charge in [0.05, 0.1) is 5.92 Å². The van der Waals surface area contributed by atoms with Crippen molar-refractivity contribution in [1.29, 1.82) is 0 Å². The average molecular weight is 169 g/mol. The average Bonchev–Trinajstić information content (AvgIpc) is 2.34. The first-order chi connectivity index (χ1) is 5.11. The molecule has 0 bridgehead atoms. The Labute approximate surface area is 70.3 Å². The first-order valence-corrected chi connectivity index (χ1v) is 4.41. The van der Waals surface area contributed by atoms with E-state index in [1.165, 1.54) is 0 Å². The number of aryl methyl sites for hydroxylation is 1. The molecule has 0 aromatic carbocycles. The van der Waals surface area contributed by atoms with Crippen LogP contribution in [-0.4, -0.2) is 10.8 Å². The maximum Gasteiger partial charge on any atom is 0.139 e. The van der Waals surface area contributed by atoms with Crippen LogP contribution in [0.1, 0.15) is 30.5 Å².